The number of hydrogen-bond acceptors (Lipinski definition) is 5. The monoisotopic (exact) mass is 407 g/mol. The highest BCUT2D eigenvalue weighted by atomic mass is 35.5. The zero-order valence-electron chi connectivity index (χ0n) is 15.5. The van der Waals surface area contributed by atoms with Crippen molar-refractivity contribution in [3.05, 3.63) is 59.4 Å². The van der Waals surface area contributed by atoms with Gasteiger partial charge in [0.25, 0.3) is 11.8 Å². The summed E-state index contributed by atoms with van der Waals surface area (Å²) in [5, 5.41) is 5.83. The fourth-order valence-corrected chi connectivity index (χ4v) is 3.15. The molecule has 0 aliphatic carbocycles. The molecule has 2 heterocycles. The summed E-state index contributed by atoms with van der Waals surface area (Å²) < 4.78 is 13.0. The van der Waals surface area contributed by atoms with Crippen LogP contribution in [0.15, 0.2) is 36.7 Å². The van der Waals surface area contributed by atoms with E-state index in [1.165, 1.54) is 24.5 Å². The third kappa shape index (κ3) is 5.24. The summed E-state index contributed by atoms with van der Waals surface area (Å²) in [7, 11) is 1.89. The molecule has 9 heteroatoms. The molecule has 1 saturated heterocycles. The summed E-state index contributed by atoms with van der Waals surface area (Å²) in [6.45, 7) is 2.32. The maximum atomic E-state index is 13.0. The fraction of sp³-hybridized carbons (Fsp3) is 0.368. The van der Waals surface area contributed by atoms with Crippen molar-refractivity contribution in [3.8, 4) is 0 Å². The second-order valence-corrected chi connectivity index (χ2v) is 6.53. The molecular formula is C19H23ClFN5O2. The SMILES string of the molecule is CNCC1CCN(C(=O)c2nccnc2C(=O)NCc2ccc(F)cc2)C1.Cl. The van der Waals surface area contributed by atoms with E-state index in [4.69, 9.17) is 0 Å². The van der Waals surface area contributed by atoms with Crippen LogP contribution in [0.3, 0.4) is 0 Å². The van der Waals surface area contributed by atoms with Crippen molar-refractivity contribution >= 4 is 24.2 Å². The van der Waals surface area contributed by atoms with Crippen LogP contribution in [0.1, 0.15) is 33.0 Å². The van der Waals surface area contributed by atoms with Crippen molar-refractivity contribution in [1.82, 2.24) is 25.5 Å². The average molecular weight is 408 g/mol. The molecule has 1 aliphatic heterocycles. The van der Waals surface area contributed by atoms with Gasteiger partial charge in [0, 0.05) is 32.0 Å². The summed E-state index contributed by atoms with van der Waals surface area (Å²) in [5.74, 6) is -0.712. The number of carbonyl (C=O) groups excluding carboxylic acids is 2. The number of carbonyl (C=O) groups is 2. The Hall–Kier alpha value is -2.58. The number of amides is 2. The van der Waals surface area contributed by atoms with Crippen LogP contribution in [0.4, 0.5) is 4.39 Å². The Morgan fingerprint density at radius 2 is 1.86 bits per heavy atom. The molecule has 3 rings (SSSR count). The molecule has 0 saturated carbocycles. The largest absolute Gasteiger partial charge is 0.347 e. The van der Waals surface area contributed by atoms with Crippen LogP contribution in [0.25, 0.3) is 0 Å². The second-order valence-electron chi connectivity index (χ2n) is 6.53. The standard InChI is InChI=1S/C19H22FN5O2.ClH/c1-21-10-14-6-9-25(12-14)19(27)17-16(22-7-8-23-17)18(26)24-11-13-2-4-15(20)5-3-13;/h2-5,7-8,14,21H,6,9-12H2,1H3,(H,24,26);1H. The Morgan fingerprint density at radius 1 is 1.18 bits per heavy atom. The molecule has 0 spiro atoms. The molecule has 1 fully saturated rings. The van der Waals surface area contributed by atoms with Crippen LogP contribution in [-0.2, 0) is 6.54 Å². The van der Waals surface area contributed by atoms with Crippen LogP contribution in [0, 0.1) is 11.7 Å². The van der Waals surface area contributed by atoms with Crippen LogP contribution in [-0.4, -0.2) is 53.4 Å². The molecule has 2 amide bonds. The van der Waals surface area contributed by atoms with Crippen molar-refractivity contribution in [2.75, 3.05) is 26.7 Å². The minimum absolute atomic E-state index is 0. The number of hydrogen-bond donors (Lipinski definition) is 2. The molecule has 0 radical (unpaired) electrons. The van der Waals surface area contributed by atoms with Crippen molar-refractivity contribution in [2.24, 2.45) is 5.92 Å². The molecule has 2 N–H and O–H groups in total. The minimum Gasteiger partial charge on any atom is -0.347 e. The number of aromatic nitrogens is 2. The molecule has 150 valence electrons. The van der Waals surface area contributed by atoms with Crippen molar-refractivity contribution < 1.29 is 14.0 Å². The quantitative estimate of drug-likeness (QED) is 0.760. The third-order valence-corrected chi connectivity index (χ3v) is 4.55. The Morgan fingerprint density at radius 3 is 2.54 bits per heavy atom. The number of rotatable bonds is 6. The lowest BCUT2D eigenvalue weighted by Crippen LogP contribution is -2.34. The minimum atomic E-state index is -0.484. The summed E-state index contributed by atoms with van der Waals surface area (Å²) >= 11 is 0. The van der Waals surface area contributed by atoms with Crippen molar-refractivity contribution in [1.29, 1.82) is 0 Å². The van der Waals surface area contributed by atoms with Crippen LogP contribution >= 0.6 is 12.4 Å². The summed E-state index contributed by atoms with van der Waals surface area (Å²) in [5.41, 5.74) is 0.803. The lowest BCUT2D eigenvalue weighted by molar-refractivity contribution is 0.0772. The van der Waals surface area contributed by atoms with Crippen LogP contribution < -0.4 is 10.6 Å². The predicted molar refractivity (Wildman–Crippen MR) is 105 cm³/mol. The maximum Gasteiger partial charge on any atom is 0.274 e. The Balaban J connectivity index is 0.00000280. The summed E-state index contributed by atoms with van der Waals surface area (Å²) in [4.78, 5) is 35.2. The Bertz CT molecular complexity index is 818. The Labute approximate surface area is 169 Å². The molecule has 0 bridgehead atoms. The molecule has 1 aromatic carbocycles. The van der Waals surface area contributed by atoms with Gasteiger partial charge in [0.05, 0.1) is 0 Å². The van der Waals surface area contributed by atoms with Gasteiger partial charge in [0.2, 0.25) is 0 Å². The summed E-state index contributed by atoms with van der Waals surface area (Å²) in [6, 6.07) is 5.83. The van der Waals surface area contributed by atoms with E-state index in [9.17, 15) is 14.0 Å². The molecular weight excluding hydrogens is 385 g/mol. The second kappa shape index (κ2) is 10.1. The maximum absolute atomic E-state index is 13.0. The van der Waals surface area contributed by atoms with Crippen LogP contribution in [0.2, 0.25) is 0 Å². The number of halogens is 2. The van der Waals surface area contributed by atoms with Gasteiger partial charge in [-0.2, -0.15) is 0 Å². The highest BCUT2D eigenvalue weighted by molar-refractivity contribution is 6.04. The van der Waals surface area contributed by atoms with E-state index >= 15 is 0 Å². The first-order valence-corrected chi connectivity index (χ1v) is 8.86. The molecule has 1 atom stereocenters. The zero-order chi connectivity index (χ0) is 19.2. The first kappa shape index (κ1) is 21.7. The van der Waals surface area contributed by atoms with Gasteiger partial charge in [-0.3, -0.25) is 9.59 Å². The van der Waals surface area contributed by atoms with Gasteiger partial charge < -0.3 is 15.5 Å². The van der Waals surface area contributed by atoms with Gasteiger partial charge >= 0.3 is 0 Å². The van der Waals surface area contributed by atoms with Gasteiger partial charge in [-0.25, -0.2) is 14.4 Å². The van der Waals surface area contributed by atoms with E-state index < -0.39 is 5.91 Å². The van der Waals surface area contributed by atoms with E-state index in [1.807, 2.05) is 7.05 Å². The van der Waals surface area contributed by atoms with Gasteiger partial charge in [0.1, 0.15) is 5.82 Å². The zero-order valence-corrected chi connectivity index (χ0v) is 16.3. The highest BCUT2D eigenvalue weighted by Gasteiger charge is 2.30. The molecule has 1 aliphatic rings. The fourth-order valence-electron chi connectivity index (χ4n) is 3.15. The average Bonchev–Trinajstić information content (AvgIpc) is 3.16. The molecule has 1 aromatic heterocycles. The number of nitrogens with one attached hydrogen (secondary N) is 2. The Kier molecular flexibility index (Phi) is 7.83. The lowest BCUT2D eigenvalue weighted by Gasteiger charge is -2.17. The van der Waals surface area contributed by atoms with Gasteiger partial charge in [-0.15, -0.1) is 12.4 Å². The summed E-state index contributed by atoms with van der Waals surface area (Å²) in [6.07, 6.45) is 3.71. The van der Waals surface area contributed by atoms with E-state index in [1.54, 1.807) is 17.0 Å². The third-order valence-electron chi connectivity index (χ3n) is 4.55. The molecule has 1 unspecified atom stereocenters. The van der Waals surface area contributed by atoms with E-state index in [2.05, 4.69) is 20.6 Å². The smallest absolute Gasteiger partial charge is 0.274 e. The first-order valence-electron chi connectivity index (χ1n) is 8.86. The first-order chi connectivity index (χ1) is 13.1. The van der Waals surface area contributed by atoms with Crippen LogP contribution in [0.5, 0.6) is 0 Å². The number of nitrogens with zero attached hydrogens (tertiary/aromatic N) is 3. The van der Waals surface area contributed by atoms with Gasteiger partial charge in [0.15, 0.2) is 11.4 Å². The van der Waals surface area contributed by atoms with E-state index in [0.717, 1.165) is 18.5 Å². The lowest BCUT2D eigenvalue weighted by atomic mass is 10.1. The van der Waals surface area contributed by atoms with Crippen molar-refractivity contribution in [3.63, 3.8) is 0 Å². The topological polar surface area (TPSA) is 87.2 Å². The molecule has 7 nitrogen and oxygen atoms in total. The highest BCUT2D eigenvalue weighted by Crippen LogP contribution is 2.18. The predicted octanol–water partition coefficient (Wildman–Crippen LogP) is 1.65. The number of likely N-dealkylation sites (tertiary alicyclic amines) is 1. The van der Waals surface area contributed by atoms with E-state index in [0.29, 0.717) is 19.0 Å². The van der Waals surface area contributed by atoms with Crippen molar-refractivity contribution in [2.45, 2.75) is 13.0 Å². The normalized spacial score (nSPS) is 15.8. The molecule has 28 heavy (non-hydrogen) atoms. The van der Waals surface area contributed by atoms with Gasteiger partial charge in [-0.1, -0.05) is 12.1 Å². The number of benzene rings is 1. The molecule has 2 aromatic rings. The van der Waals surface area contributed by atoms with E-state index in [-0.39, 0.29) is 42.1 Å². The van der Waals surface area contributed by atoms with Gasteiger partial charge in [-0.05, 0) is 43.6 Å².